The summed E-state index contributed by atoms with van der Waals surface area (Å²) in [6.07, 6.45) is 31.4. The van der Waals surface area contributed by atoms with Crippen LogP contribution in [-0.2, 0) is 49.7 Å². The van der Waals surface area contributed by atoms with E-state index in [0.29, 0.717) is 62.0 Å². The van der Waals surface area contributed by atoms with Gasteiger partial charge >= 0.3 is 0 Å². The van der Waals surface area contributed by atoms with Gasteiger partial charge in [0.15, 0.2) is 0 Å². The van der Waals surface area contributed by atoms with Crippen molar-refractivity contribution in [1.82, 2.24) is 44.7 Å². The summed E-state index contributed by atoms with van der Waals surface area (Å²) in [7, 11) is -1.95. The van der Waals surface area contributed by atoms with Gasteiger partial charge in [-0.2, -0.15) is 0 Å². The zero-order valence-corrected chi connectivity index (χ0v) is 53.9. The minimum atomic E-state index is -1.95. The molecule has 4 rings (SSSR count). The van der Waals surface area contributed by atoms with Crippen LogP contribution in [0.2, 0.25) is 0 Å². The van der Waals surface area contributed by atoms with E-state index in [9.17, 15) is 13.4 Å². The summed E-state index contributed by atoms with van der Waals surface area (Å²) in [5.41, 5.74) is 2.36. The zero-order valence-electron chi connectivity index (χ0n) is 53.1. The van der Waals surface area contributed by atoms with Crippen molar-refractivity contribution in [3.63, 3.8) is 0 Å². The average molecular weight is 1110 g/mol. The second-order valence-corrected chi connectivity index (χ2v) is 30.3. The van der Waals surface area contributed by atoms with Crippen LogP contribution in [0.4, 0.5) is 4.39 Å². The Balaban J connectivity index is 0.000000515. The first-order chi connectivity index (χ1) is 35.9. The predicted octanol–water partition coefficient (Wildman–Crippen LogP) is 13.6. The van der Waals surface area contributed by atoms with Crippen molar-refractivity contribution in [3.05, 3.63) is 23.8 Å². The molecule has 0 aliphatic carbocycles. The number of piperidine rings is 1. The van der Waals surface area contributed by atoms with Crippen molar-refractivity contribution in [2.75, 3.05) is 84.2 Å². The average Bonchev–Trinajstić information content (AvgIpc) is 3.96. The second kappa shape index (κ2) is 38.3. The Kier molecular flexibility index (Phi) is 36.1. The molecule has 0 N–H and O–H groups in total. The van der Waals surface area contributed by atoms with Gasteiger partial charge in [0.2, 0.25) is 5.91 Å². The number of hydrogen-bond acceptors (Lipinski definition) is 10. The molecule has 15 heteroatoms. The molecular formula is C62H122FN9O4S. The molecule has 4 heterocycles. The van der Waals surface area contributed by atoms with Gasteiger partial charge in [-0.1, -0.05) is 157 Å². The van der Waals surface area contributed by atoms with Gasteiger partial charge in [0.25, 0.3) is 0 Å². The summed E-state index contributed by atoms with van der Waals surface area (Å²) < 4.78 is 39.6. The smallest absolute Gasteiger partial charge is 0.237 e. The highest BCUT2D eigenvalue weighted by molar-refractivity contribution is 7.99. The van der Waals surface area contributed by atoms with Gasteiger partial charge in [0.1, 0.15) is 5.67 Å². The number of rotatable bonds is 31. The number of likely N-dealkylation sites (tertiary alicyclic amines) is 1. The minimum Gasteiger partial charge on any atom is -0.378 e. The third kappa shape index (κ3) is 42.1. The lowest BCUT2D eigenvalue weighted by molar-refractivity contribution is -0.141. The van der Waals surface area contributed by atoms with E-state index in [0.717, 1.165) is 76.3 Å². The highest BCUT2D eigenvalue weighted by atomic mass is 32.2. The number of piperazine rings is 1. The van der Waals surface area contributed by atoms with Crippen LogP contribution in [0.15, 0.2) is 12.4 Å². The van der Waals surface area contributed by atoms with Crippen LogP contribution in [0.25, 0.3) is 0 Å². The highest BCUT2D eigenvalue weighted by Gasteiger charge is 2.31. The molecule has 0 saturated carbocycles. The standard InChI is InChI=1S/C17H34FN.C16H32N2O.C15H29N3O3S.C14H27N3/c1-16(2,3)10-8-6-5-7-9-13-19-14-11-17(4,18)12-15-19;1-5-6-7-8-9-10-11-17-12-13-18(15(19)14-17)16(2,3)4;1-15(2,3)12-14-13-18(17-16-14)6-7-20-8-9-21-10-11-22(4,5)19;1-5-6-7-11-17-12-13(15-16-17)9-8-10-14(2,3)4/h5-15H2,1-4H3;5-14H2,1-4H3;13H,4,6-12H2,1-3,5H3;12H,5-11H2,1-4H3. The van der Waals surface area contributed by atoms with Crippen LogP contribution in [0.5, 0.6) is 0 Å². The van der Waals surface area contributed by atoms with E-state index in [-0.39, 0.29) is 11.0 Å². The van der Waals surface area contributed by atoms with E-state index in [2.05, 4.69) is 139 Å². The number of nitrogens with zero attached hydrogens (tertiary/aromatic N) is 9. The molecular weight excluding hydrogens is 986 g/mol. The molecule has 0 radical (unpaired) electrons. The number of hydrogen-bond donors (Lipinski definition) is 0. The molecule has 77 heavy (non-hydrogen) atoms. The molecule has 1 atom stereocenters. The highest BCUT2D eigenvalue weighted by Crippen LogP contribution is 2.27. The lowest BCUT2D eigenvalue weighted by Gasteiger charge is -2.42. The Hall–Kier alpha value is -2.46. The minimum absolute atomic E-state index is 0.0245. The fraction of sp³-hybridized carbons (Fsp3) is 0.903. The molecule has 2 aromatic heterocycles. The maximum Gasteiger partial charge on any atom is 0.237 e. The summed E-state index contributed by atoms with van der Waals surface area (Å²) >= 11 is 0. The first kappa shape index (κ1) is 72.6. The van der Waals surface area contributed by atoms with Gasteiger partial charge in [-0.3, -0.25) is 18.6 Å². The van der Waals surface area contributed by atoms with Gasteiger partial charge < -0.3 is 19.3 Å². The first-order valence-corrected chi connectivity index (χ1v) is 32.9. The Morgan fingerprint density at radius 1 is 0.597 bits per heavy atom. The number of carbonyl (C=O) groups is 1. The van der Waals surface area contributed by atoms with Crippen LogP contribution in [0, 0.1) is 16.2 Å². The number of halogens is 1. The van der Waals surface area contributed by atoms with E-state index in [1.54, 1.807) is 17.9 Å². The van der Waals surface area contributed by atoms with E-state index in [1.165, 1.54) is 116 Å². The van der Waals surface area contributed by atoms with Crippen molar-refractivity contribution >= 4 is 21.3 Å². The molecule has 0 spiro atoms. The van der Waals surface area contributed by atoms with Gasteiger partial charge in [-0.15, -0.1) is 10.2 Å². The maximum atomic E-state index is 13.6. The Labute approximate surface area is 474 Å². The van der Waals surface area contributed by atoms with Crippen LogP contribution in [0.3, 0.4) is 0 Å². The molecule has 2 aliphatic heterocycles. The predicted molar refractivity (Wildman–Crippen MR) is 326 cm³/mol. The molecule has 452 valence electrons. The third-order valence-corrected chi connectivity index (χ3v) is 15.0. The summed E-state index contributed by atoms with van der Waals surface area (Å²) in [5.74, 6) is 4.36. The van der Waals surface area contributed by atoms with Crippen molar-refractivity contribution in [2.24, 2.45) is 16.2 Å². The molecule has 2 fully saturated rings. The number of aromatic nitrogens is 6. The third-order valence-electron chi connectivity index (χ3n) is 14.0. The SMILES string of the molecule is C=S(C)(=O)CCOCCOCCn1cc(CC(C)(C)C)nn1.CC(C)(C)CCCCCCCN1CCC(C)(F)CC1.CCCCCCCCN1CCN(C(C)(C)C)C(=O)C1.CCCCCn1cc(CCCC(C)(C)C)nn1. The normalized spacial score (nSPS) is 16.5. The van der Waals surface area contributed by atoms with Crippen LogP contribution >= 0.6 is 0 Å². The Morgan fingerprint density at radius 2 is 1.08 bits per heavy atom. The molecule has 2 saturated heterocycles. The van der Waals surface area contributed by atoms with E-state index < -0.39 is 15.2 Å². The number of carbonyl (C=O) groups excluding carboxylic acids is 1. The summed E-state index contributed by atoms with van der Waals surface area (Å²) in [6, 6.07) is 0. The summed E-state index contributed by atoms with van der Waals surface area (Å²) in [6.45, 7) is 43.4. The Morgan fingerprint density at radius 3 is 1.62 bits per heavy atom. The molecule has 0 aromatic carbocycles. The van der Waals surface area contributed by atoms with Gasteiger partial charge in [0.05, 0.1) is 50.9 Å². The quantitative estimate of drug-likeness (QED) is 0.0532. The van der Waals surface area contributed by atoms with Crippen molar-refractivity contribution < 1.29 is 22.9 Å². The topological polar surface area (TPSA) is 124 Å². The monoisotopic (exact) mass is 1110 g/mol. The number of amides is 1. The molecule has 13 nitrogen and oxygen atoms in total. The molecule has 2 aliphatic rings. The van der Waals surface area contributed by atoms with Gasteiger partial charge in [-0.05, 0) is 137 Å². The van der Waals surface area contributed by atoms with Crippen molar-refractivity contribution in [3.8, 4) is 0 Å². The van der Waals surface area contributed by atoms with Crippen molar-refractivity contribution in [2.45, 2.75) is 263 Å². The second-order valence-electron chi connectivity index (χ2n) is 27.5. The van der Waals surface area contributed by atoms with Gasteiger partial charge in [-0.25, -0.2) is 9.07 Å². The fourth-order valence-electron chi connectivity index (χ4n) is 9.18. The molecule has 1 amide bonds. The summed E-state index contributed by atoms with van der Waals surface area (Å²) in [5, 5.41) is 16.7. The zero-order chi connectivity index (χ0) is 58.0. The molecule has 1 unspecified atom stereocenters. The number of aryl methyl sites for hydroxylation is 2. The summed E-state index contributed by atoms with van der Waals surface area (Å²) in [4.78, 5) is 18.9. The van der Waals surface area contributed by atoms with E-state index in [1.807, 2.05) is 15.8 Å². The lowest BCUT2D eigenvalue weighted by Crippen LogP contribution is -2.56. The van der Waals surface area contributed by atoms with Crippen LogP contribution in [0.1, 0.15) is 237 Å². The fourth-order valence-corrected chi connectivity index (χ4v) is 9.65. The Bertz CT molecular complexity index is 1880. The first-order valence-electron chi connectivity index (χ1n) is 30.6. The number of unbranched alkanes of at least 4 members (excludes halogenated alkanes) is 11. The largest absolute Gasteiger partial charge is 0.378 e. The maximum absolute atomic E-state index is 13.6. The molecule has 0 bridgehead atoms. The van der Waals surface area contributed by atoms with E-state index in [4.69, 9.17) is 9.47 Å². The molecule has 2 aromatic rings. The van der Waals surface area contributed by atoms with Crippen LogP contribution < -0.4 is 0 Å². The number of alkyl halides is 1. The lowest BCUT2D eigenvalue weighted by atomic mass is 9.89. The van der Waals surface area contributed by atoms with Crippen LogP contribution in [-0.4, -0.2) is 156 Å². The van der Waals surface area contributed by atoms with Crippen molar-refractivity contribution in [1.29, 1.82) is 0 Å². The van der Waals surface area contributed by atoms with E-state index >= 15 is 0 Å². The number of ether oxygens (including phenoxy) is 2. The van der Waals surface area contributed by atoms with Gasteiger partial charge in [0, 0.05) is 62.7 Å².